The number of hydrogen-bond acceptors (Lipinski definition) is 6. The second kappa shape index (κ2) is 5.83. The van der Waals surface area contributed by atoms with Crippen molar-refractivity contribution in [3.05, 3.63) is 30.2 Å². The highest BCUT2D eigenvalue weighted by atomic mass is 32.2. The van der Waals surface area contributed by atoms with Gasteiger partial charge in [0.05, 0.1) is 16.6 Å². The van der Waals surface area contributed by atoms with Crippen LogP contribution in [0.25, 0.3) is 16.7 Å². The Balaban J connectivity index is 2.25. The average Bonchev–Trinajstić information content (AvgIpc) is 3.01. The minimum Gasteiger partial charge on any atom is -0.330 e. The Bertz CT molecular complexity index is 810. The molecule has 0 saturated carbocycles. The first-order valence-electron chi connectivity index (χ1n) is 7.24. The van der Waals surface area contributed by atoms with E-state index in [9.17, 15) is 0 Å². The van der Waals surface area contributed by atoms with Crippen LogP contribution in [0.2, 0.25) is 0 Å². The highest BCUT2D eigenvalue weighted by Crippen LogP contribution is 2.28. The first-order valence-corrected chi connectivity index (χ1v) is 8.46. The zero-order valence-electron chi connectivity index (χ0n) is 12.8. The first-order chi connectivity index (χ1) is 10.6. The van der Waals surface area contributed by atoms with Gasteiger partial charge in [-0.3, -0.25) is 4.40 Å². The molecule has 0 aliphatic carbocycles. The Morgan fingerprint density at radius 1 is 1.36 bits per heavy atom. The van der Waals surface area contributed by atoms with Crippen LogP contribution in [-0.2, 0) is 5.54 Å². The summed E-state index contributed by atoms with van der Waals surface area (Å²) in [4.78, 5) is 5.97. The van der Waals surface area contributed by atoms with Gasteiger partial charge < -0.3 is 11.5 Å². The van der Waals surface area contributed by atoms with E-state index in [2.05, 4.69) is 22.3 Å². The third-order valence-electron chi connectivity index (χ3n) is 3.88. The normalized spacial score (nSPS) is 14.5. The number of rotatable bonds is 5. The van der Waals surface area contributed by atoms with Gasteiger partial charge >= 0.3 is 0 Å². The van der Waals surface area contributed by atoms with Crippen molar-refractivity contribution in [3.63, 3.8) is 0 Å². The summed E-state index contributed by atoms with van der Waals surface area (Å²) < 4.78 is 1.95. The molecule has 0 fully saturated rings. The summed E-state index contributed by atoms with van der Waals surface area (Å²) in [7, 11) is 0. The number of nitrogens with zero attached hydrogens (tertiary/aromatic N) is 4. The van der Waals surface area contributed by atoms with Gasteiger partial charge in [-0.15, -0.1) is 22.0 Å². The second-order valence-electron chi connectivity index (χ2n) is 5.65. The van der Waals surface area contributed by atoms with Gasteiger partial charge in [-0.1, -0.05) is 0 Å². The van der Waals surface area contributed by atoms with Crippen molar-refractivity contribution in [2.45, 2.75) is 30.2 Å². The minimum absolute atomic E-state index is 0.586. The van der Waals surface area contributed by atoms with Crippen LogP contribution in [0.4, 0.5) is 0 Å². The Morgan fingerprint density at radius 3 is 2.91 bits per heavy atom. The predicted octanol–water partition coefficient (Wildman–Crippen LogP) is 1.91. The molecular formula is C15H20N6S. The van der Waals surface area contributed by atoms with Gasteiger partial charge in [0, 0.05) is 4.90 Å². The van der Waals surface area contributed by atoms with Crippen LogP contribution in [-0.4, -0.2) is 32.4 Å². The van der Waals surface area contributed by atoms with Gasteiger partial charge in [-0.05, 0) is 50.8 Å². The fourth-order valence-corrected chi connectivity index (χ4v) is 3.07. The molecule has 1 atom stereocenters. The van der Waals surface area contributed by atoms with E-state index in [0.29, 0.717) is 12.2 Å². The highest BCUT2D eigenvalue weighted by Gasteiger charge is 2.27. The molecule has 6 nitrogen and oxygen atoms in total. The Labute approximate surface area is 133 Å². The fourth-order valence-electron chi connectivity index (χ4n) is 2.64. The van der Waals surface area contributed by atoms with Crippen molar-refractivity contribution in [1.29, 1.82) is 0 Å². The van der Waals surface area contributed by atoms with Crippen LogP contribution in [0.15, 0.2) is 29.4 Å². The molecule has 2 heterocycles. The molecule has 7 heteroatoms. The van der Waals surface area contributed by atoms with Crippen molar-refractivity contribution in [3.8, 4) is 0 Å². The van der Waals surface area contributed by atoms with Crippen molar-refractivity contribution in [2.75, 3.05) is 12.8 Å². The lowest BCUT2D eigenvalue weighted by molar-refractivity contribution is 0.430. The third-order valence-corrected chi connectivity index (χ3v) is 4.60. The topological polar surface area (TPSA) is 95.1 Å². The summed E-state index contributed by atoms with van der Waals surface area (Å²) in [5.74, 6) is 0. The van der Waals surface area contributed by atoms with Crippen LogP contribution in [0.1, 0.15) is 25.5 Å². The largest absolute Gasteiger partial charge is 0.330 e. The van der Waals surface area contributed by atoms with Crippen LogP contribution in [0.3, 0.4) is 0 Å². The number of hydrogen-bond donors (Lipinski definition) is 2. The average molecular weight is 316 g/mol. The molecule has 1 unspecified atom stereocenters. The van der Waals surface area contributed by atoms with Crippen LogP contribution in [0.5, 0.6) is 0 Å². The molecule has 0 aliphatic heterocycles. The maximum atomic E-state index is 6.51. The SMILES string of the molecule is CSc1ccc2c(c1)nc(C(C)(N)CCCN)c1nncn12. The smallest absolute Gasteiger partial charge is 0.184 e. The summed E-state index contributed by atoms with van der Waals surface area (Å²) in [5, 5.41) is 8.26. The van der Waals surface area contributed by atoms with E-state index in [1.807, 2.05) is 23.6 Å². The van der Waals surface area contributed by atoms with Crippen molar-refractivity contribution in [1.82, 2.24) is 19.6 Å². The Morgan fingerprint density at radius 2 is 2.18 bits per heavy atom. The highest BCUT2D eigenvalue weighted by molar-refractivity contribution is 7.98. The molecule has 4 N–H and O–H groups in total. The van der Waals surface area contributed by atoms with E-state index in [4.69, 9.17) is 16.5 Å². The van der Waals surface area contributed by atoms with Gasteiger partial charge in [0.2, 0.25) is 0 Å². The fraction of sp³-hybridized carbons (Fsp3) is 0.400. The van der Waals surface area contributed by atoms with E-state index < -0.39 is 5.54 Å². The van der Waals surface area contributed by atoms with Gasteiger partial charge in [0.25, 0.3) is 0 Å². The molecule has 0 bridgehead atoms. The molecule has 0 aliphatic rings. The Hall–Kier alpha value is -1.70. The first kappa shape index (κ1) is 15.2. The monoisotopic (exact) mass is 316 g/mol. The van der Waals surface area contributed by atoms with Crippen molar-refractivity contribution < 1.29 is 0 Å². The van der Waals surface area contributed by atoms with E-state index in [-0.39, 0.29) is 0 Å². The van der Waals surface area contributed by atoms with E-state index in [0.717, 1.165) is 29.6 Å². The lowest BCUT2D eigenvalue weighted by atomic mass is 9.93. The van der Waals surface area contributed by atoms with Gasteiger partial charge in [0.1, 0.15) is 12.0 Å². The zero-order valence-corrected chi connectivity index (χ0v) is 13.6. The van der Waals surface area contributed by atoms with Gasteiger partial charge in [-0.25, -0.2) is 4.98 Å². The molecule has 2 aromatic heterocycles. The van der Waals surface area contributed by atoms with Gasteiger partial charge in [0.15, 0.2) is 5.65 Å². The van der Waals surface area contributed by atoms with Gasteiger partial charge in [-0.2, -0.15) is 0 Å². The molecule has 0 saturated heterocycles. The molecule has 0 spiro atoms. The summed E-state index contributed by atoms with van der Waals surface area (Å²) in [6.45, 7) is 2.59. The minimum atomic E-state index is -0.586. The maximum Gasteiger partial charge on any atom is 0.184 e. The lowest BCUT2D eigenvalue weighted by Crippen LogP contribution is -2.35. The zero-order chi connectivity index (χ0) is 15.7. The molecule has 22 heavy (non-hydrogen) atoms. The van der Waals surface area contributed by atoms with Crippen molar-refractivity contribution >= 4 is 28.4 Å². The number of aromatic nitrogens is 4. The summed E-state index contributed by atoms with van der Waals surface area (Å²) in [6.07, 6.45) is 5.36. The van der Waals surface area contributed by atoms with E-state index >= 15 is 0 Å². The standard InChI is InChI=1S/C15H20N6S/c1-15(17,6-3-7-16)13-14-20-18-9-21(14)12-5-4-10(22-2)8-11(12)19-13/h4-5,8-9H,3,6-7,16-17H2,1-2H3. The van der Waals surface area contributed by atoms with Crippen LogP contribution >= 0.6 is 11.8 Å². The molecule has 0 radical (unpaired) electrons. The Kier molecular flexibility index (Phi) is 4.03. The summed E-state index contributed by atoms with van der Waals surface area (Å²) >= 11 is 1.69. The van der Waals surface area contributed by atoms with Crippen LogP contribution < -0.4 is 11.5 Å². The predicted molar refractivity (Wildman–Crippen MR) is 89.9 cm³/mol. The van der Waals surface area contributed by atoms with Crippen molar-refractivity contribution in [2.24, 2.45) is 11.5 Å². The molecule has 1 aromatic carbocycles. The van der Waals surface area contributed by atoms with E-state index in [1.165, 1.54) is 4.90 Å². The second-order valence-corrected chi connectivity index (χ2v) is 6.53. The quantitative estimate of drug-likeness (QED) is 0.698. The van der Waals surface area contributed by atoms with E-state index in [1.54, 1.807) is 18.1 Å². The molecule has 3 aromatic rings. The lowest BCUT2D eigenvalue weighted by Gasteiger charge is -2.24. The number of thioether (sulfide) groups is 1. The summed E-state index contributed by atoms with van der Waals surface area (Å²) in [5.41, 5.74) is 14.9. The molecule has 0 amide bonds. The molecule has 116 valence electrons. The van der Waals surface area contributed by atoms with Crippen LogP contribution in [0, 0.1) is 0 Å². The summed E-state index contributed by atoms with van der Waals surface area (Å²) in [6, 6.07) is 6.19. The number of nitrogens with two attached hydrogens (primary N) is 2. The molecule has 3 rings (SSSR count). The maximum absolute atomic E-state index is 6.51. The number of fused-ring (bicyclic) bond motifs is 3. The number of benzene rings is 1. The third kappa shape index (κ3) is 2.55. The molecular weight excluding hydrogens is 296 g/mol.